The lowest BCUT2D eigenvalue weighted by molar-refractivity contribution is 0.133. The third-order valence-corrected chi connectivity index (χ3v) is 6.15. The maximum atomic E-state index is 6.40. The summed E-state index contributed by atoms with van der Waals surface area (Å²) in [7, 11) is 2.03. The second-order valence-electron chi connectivity index (χ2n) is 7.14. The molecule has 0 fully saturated rings. The molecular weight excluding hydrogens is 468 g/mol. The van der Waals surface area contributed by atoms with E-state index in [0.717, 1.165) is 52.6 Å². The predicted molar refractivity (Wildman–Crippen MR) is 120 cm³/mol. The van der Waals surface area contributed by atoms with Gasteiger partial charge in [0.2, 0.25) is 0 Å². The van der Waals surface area contributed by atoms with Gasteiger partial charge in [-0.25, -0.2) is 4.99 Å². The lowest BCUT2D eigenvalue weighted by Crippen LogP contribution is -2.15. The van der Waals surface area contributed by atoms with Crippen molar-refractivity contribution < 1.29 is 4.74 Å². The third kappa shape index (κ3) is 5.35. The lowest BCUT2D eigenvalue weighted by Gasteiger charge is -2.18. The second kappa shape index (κ2) is 9.24. The van der Waals surface area contributed by atoms with Gasteiger partial charge in [0.15, 0.2) is 0 Å². The number of benzene rings is 1. The van der Waals surface area contributed by atoms with Gasteiger partial charge < -0.3 is 9.64 Å². The minimum Gasteiger partial charge on any atom is -0.489 e. The molecule has 0 aliphatic heterocycles. The Morgan fingerprint density at radius 2 is 2.04 bits per heavy atom. The average molecular weight is 494 g/mol. The summed E-state index contributed by atoms with van der Waals surface area (Å²) in [4.78, 5) is 6.75. The summed E-state index contributed by atoms with van der Waals surface area (Å²) in [5.74, 6) is 0.927. The average Bonchev–Trinajstić information content (AvgIpc) is 3.04. The third-order valence-electron chi connectivity index (χ3n) is 5.04. The van der Waals surface area contributed by atoms with E-state index in [-0.39, 0.29) is 6.10 Å². The Bertz CT molecular complexity index is 824. The number of hydrogen-bond acceptors (Lipinski definition) is 2. The highest BCUT2D eigenvalue weighted by atomic mass is 79.9. The molecule has 2 aliphatic rings. The molecule has 144 valence electrons. The normalized spacial score (nSPS) is 20.1. The maximum Gasteiger partial charge on any atom is 0.130 e. The van der Waals surface area contributed by atoms with Crippen LogP contribution in [0.4, 0.5) is 0 Å². The Labute approximate surface area is 179 Å². The second-order valence-corrected chi connectivity index (χ2v) is 8.91. The molecule has 2 aliphatic carbocycles. The summed E-state index contributed by atoms with van der Waals surface area (Å²) in [5.41, 5.74) is 5.07. The van der Waals surface area contributed by atoms with Crippen LogP contribution in [-0.4, -0.2) is 30.9 Å². The lowest BCUT2D eigenvalue weighted by atomic mass is 10.1. The molecule has 5 heteroatoms. The van der Waals surface area contributed by atoms with Gasteiger partial charge in [0.25, 0.3) is 0 Å². The van der Waals surface area contributed by atoms with Crippen LogP contribution < -0.4 is 0 Å². The van der Waals surface area contributed by atoms with E-state index in [0.29, 0.717) is 0 Å². The van der Waals surface area contributed by atoms with Gasteiger partial charge in [0.1, 0.15) is 11.9 Å². The molecule has 1 atom stereocenters. The van der Waals surface area contributed by atoms with Crippen molar-refractivity contribution in [3.63, 3.8) is 0 Å². The van der Waals surface area contributed by atoms with Crippen LogP contribution in [0.2, 0.25) is 0 Å². The van der Waals surface area contributed by atoms with Crippen molar-refractivity contribution in [3.05, 3.63) is 67.5 Å². The molecule has 0 amide bonds. The minimum absolute atomic E-state index is 0.184. The van der Waals surface area contributed by atoms with Crippen LogP contribution in [0, 0.1) is 0 Å². The molecule has 0 spiro atoms. The SMILES string of the molecule is CCN(C)C=NC1=C(C)CCC=C(OC2Cc3ccc(Br)cc3C2)C(Br)=C1. The topological polar surface area (TPSA) is 24.8 Å². The molecule has 0 radical (unpaired) electrons. The first kappa shape index (κ1) is 20.4. The monoisotopic (exact) mass is 492 g/mol. The fraction of sp³-hybridized carbons (Fsp3) is 0.409. The van der Waals surface area contributed by atoms with Crippen LogP contribution in [0.15, 0.2) is 61.3 Å². The number of ether oxygens (including phenoxy) is 1. The molecule has 0 N–H and O–H groups in total. The number of halogens is 2. The molecule has 3 nitrogen and oxygen atoms in total. The molecule has 0 aromatic heterocycles. The number of aliphatic imine (C=N–C) groups is 1. The van der Waals surface area contributed by atoms with E-state index in [1.54, 1.807) is 0 Å². The van der Waals surface area contributed by atoms with Crippen molar-refractivity contribution in [1.29, 1.82) is 0 Å². The number of rotatable bonds is 5. The quantitative estimate of drug-likeness (QED) is 0.363. The van der Waals surface area contributed by atoms with E-state index < -0.39 is 0 Å². The van der Waals surface area contributed by atoms with Gasteiger partial charge in [-0.1, -0.05) is 22.0 Å². The zero-order valence-corrected chi connectivity index (χ0v) is 19.3. The highest BCUT2D eigenvalue weighted by Gasteiger charge is 2.24. The molecule has 1 aromatic rings. The van der Waals surface area contributed by atoms with Crippen LogP contribution >= 0.6 is 31.9 Å². The van der Waals surface area contributed by atoms with Crippen molar-refractivity contribution in [2.24, 2.45) is 4.99 Å². The largest absolute Gasteiger partial charge is 0.489 e. The van der Waals surface area contributed by atoms with Gasteiger partial charge in [-0.05, 0) is 83.6 Å². The molecule has 0 saturated heterocycles. The fourth-order valence-corrected chi connectivity index (χ4v) is 4.14. The molecule has 0 bridgehead atoms. The molecule has 0 heterocycles. The van der Waals surface area contributed by atoms with Crippen molar-refractivity contribution in [3.8, 4) is 0 Å². The summed E-state index contributed by atoms with van der Waals surface area (Å²) < 4.78 is 8.49. The number of nitrogens with zero attached hydrogens (tertiary/aromatic N) is 2. The summed E-state index contributed by atoms with van der Waals surface area (Å²) >= 11 is 7.29. The van der Waals surface area contributed by atoms with E-state index in [1.807, 2.05) is 13.4 Å². The number of allylic oxidation sites excluding steroid dienone is 4. The Balaban J connectivity index is 1.74. The summed E-state index contributed by atoms with van der Waals surface area (Å²) in [6, 6.07) is 6.51. The molecule has 3 rings (SSSR count). The Hall–Kier alpha value is -1.33. The summed E-state index contributed by atoms with van der Waals surface area (Å²) in [6.45, 7) is 5.21. The zero-order chi connectivity index (χ0) is 19.4. The standard InChI is InChI=1S/C22H26Br2N2O/c1-4-26(3)14-25-21-13-20(24)22(7-5-6-15(21)2)27-19-11-16-8-9-18(23)10-17(16)12-19/h7-10,13-14,19H,4-6,11-12H2,1-3H3. The van der Waals surface area contributed by atoms with E-state index in [4.69, 9.17) is 4.74 Å². The van der Waals surface area contributed by atoms with Crippen LogP contribution in [0.3, 0.4) is 0 Å². The summed E-state index contributed by atoms with van der Waals surface area (Å²) in [6.07, 6.45) is 10.2. The van der Waals surface area contributed by atoms with Crippen LogP contribution in [-0.2, 0) is 17.6 Å². The first-order valence-corrected chi connectivity index (χ1v) is 11.0. The van der Waals surface area contributed by atoms with Gasteiger partial charge in [-0.3, -0.25) is 0 Å². The zero-order valence-electron chi connectivity index (χ0n) is 16.1. The Morgan fingerprint density at radius 3 is 2.81 bits per heavy atom. The smallest absolute Gasteiger partial charge is 0.130 e. The minimum atomic E-state index is 0.184. The van der Waals surface area contributed by atoms with Gasteiger partial charge in [0.05, 0.1) is 16.5 Å². The highest BCUT2D eigenvalue weighted by Crippen LogP contribution is 2.32. The van der Waals surface area contributed by atoms with Crippen molar-refractivity contribution in [2.75, 3.05) is 13.6 Å². The van der Waals surface area contributed by atoms with Gasteiger partial charge in [-0.15, -0.1) is 0 Å². The first-order chi connectivity index (χ1) is 13.0. The van der Waals surface area contributed by atoms with E-state index in [9.17, 15) is 0 Å². The molecular formula is C22H26Br2N2O. The van der Waals surface area contributed by atoms with Crippen molar-refractivity contribution >= 4 is 38.2 Å². The van der Waals surface area contributed by atoms with Gasteiger partial charge >= 0.3 is 0 Å². The summed E-state index contributed by atoms with van der Waals surface area (Å²) in [5, 5.41) is 0. The van der Waals surface area contributed by atoms with E-state index in [2.05, 4.69) is 86.0 Å². The predicted octanol–water partition coefficient (Wildman–Crippen LogP) is 6.14. The van der Waals surface area contributed by atoms with Crippen molar-refractivity contribution in [2.45, 2.75) is 45.6 Å². The van der Waals surface area contributed by atoms with E-state index >= 15 is 0 Å². The fourth-order valence-electron chi connectivity index (χ4n) is 3.26. The van der Waals surface area contributed by atoms with Gasteiger partial charge in [-0.2, -0.15) is 0 Å². The van der Waals surface area contributed by atoms with Crippen LogP contribution in [0.5, 0.6) is 0 Å². The molecule has 1 unspecified atom stereocenters. The van der Waals surface area contributed by atoms with Crippen LogP contribution in [0.1, 0.15) is 37.8 Å². The maximum absolute atomic E-state index is 6.40. The number of fused-ring (bicyclic) bond motifs is 1. The van der Waals surface area contributed by atoms with Crippen molar-refractivity contribution in [1.82, 2.24) is 4.90 Å². The Morgan fingerprint density at radius 1 is 1.26 bits per heavy atom. The van der Waals surface area contributed by atoms with E-state index in [1.165, 1.54) is 16.7 Å². The Kier molecular flexibility index (Phi) is 6.99. The van der Waals surface area contributed by atoms with Crippen LogP contribution in [0.25, 0.3) is 0 Å². The highest BCUT2D eigenvalue weighted by molar-refractivity contribution is 9.12. The molecule has 27 heavy (non-hydrogen) atoms. The molecule has 1 aromatic carbocycles. The van der Waals surface area contributed by atoms with Gasteiger partial charge in [0, 0.05) is 30.9 Å². The first-order valence-electron chi connectivity index (χ1n) is 9.42. The molecule has 0 saturated carbocycles. The number of hydrogen-bond donors (Lipinski definition) is 0.